The molecule has 1 amide bonds. The summed E-state index contributed by atoms with van der Waals surface area (Å²) in [6, 6.07) is 15.3. The second kappa shape index (κ2) is 7.87. The van der Waals surface area contributed by atoms with Crippen molar-refractivity contribution < 1.29 is 13.6 Å². The fraction of sp³-hybridized carbons (Fsp3) is 0.143. The van der Waals surface area contributed by atoms with Crippen molar-refractivity contribution in [1.82, 2.24) is 15.2 Å². The van der Waals surface area contributed by atoms with Gasteiger partial charge in [0.15, 0.2) is 11.7 Å². The van der Waals surface area contributed by atoms with Crippen molar-refractivity contribution in [1.29, 1.82) is 0 Å². The predicted molar refractivity (Wildman–Crippen MR) is 103 cm³/mol. The summed E-state index contributed by atoms with van der Waals surface area (Å²) in [6.07, 6.45) is 3.63. The highest BCUT2D eigenvalue weighted by atomic mass is 16.4. The minimum atomic E-state index is -0.120. The van der Waals surface area contributed by atoms with Crippen LogP contribution in [0.5, 0.6) is 0 Å². The molecular weight excluding hydrogens is 356 g/mol. The van der Waals surface area contributed by atoms with E-state index < -0.39 is 0 Å². The zero-order chi connectivity index (χ0) is 19.3. The van der Waals surface area contributed by atoms with Crippen molar-refractivity contribution in [2.45, 2.75) is 19.8 Å². The monoisotopic (exact) mass is 374 g/mol. The van der Waals surface area contributed by atoms with Gasteiger partial charge in [0.2, 0.25) is 18.2 Å². The van der Waals surface area contributed by atoms with E-state index in [2.05, 4.69) is 20.5 Å². The maximum atomic E-state index is 12.4. The molecule has 0 aliphatic heterocycles. The molecule has 7 heteroatoms. The Morgan fingerprint density at radius 2 is 1.96 bits per heavy atom. The standard InChI is InChI=1S/C21H18N4O3/c1-14-7-8-16(21-25-23-13-27-21)11-17(14)24-19(26)9-10-20-22-12-18(28-20)15-5-3-2-4-6-15/h2-8,11-13H,9-10H2,1H3,(H,24,26). The number of nitrogens with one attached hydrogen (secondary N) is 1. The van der Waals surface area contributed by atoms with Crippen molar-refractivity contribution in [3.63, 3.8) is 0 Å². The summed E-state index contributed by atoms with van der Waals surface area (Å²) >= 11 is 0. The van der Waals surface area contributed by atoms with Gasteiger partial charge in [-0.05, 0) is 24.6 Å². The number of carbonyl (C=O) groups excluding carboxylic acids is 1. The van der Waals surface area contributed by atoms with E-state index in [0.29, 0.717) is 29.6 Å². The molecule has 0 radical (unpaired) electrons. The second-order valence-electron chi connectivity index (χ2n) is 6.31. The number of carbonyl (C=O) groups is 1. The van der Waals surface area contributed by atoms with Gasteiger partial charge in [-0.25, -0.2) is 4.98 Å². The molecule has 0 fully saturated rings. The van der Waals surface area contributed by atoms with Gasteiger partial charge in [-0.3, -0.25) is 4.79 Å². The lowest BCUT2D eigenvalue weighted by Gasteiger charge is -2.09. The molecule has 7 nitrogen and oxygen atoms in total. The zero-order valence-corrected chi connectivity index (χ0v) is 15.3. The number of anilines is 1. The van der Waals surface area contributed by atoms with Crippen molar-refractivity contribution in [2.75, 3.05) is 5.32 Å². The summed E-state index contributed by atoms with van der Waals surface area (Å²) in [5, 5.41) is 10.5. The molecule has 4 rings (SSSR count). The Morgan fingerprint density at radius 1 is 1.11 bits per heavy atom. The average molecular weight is 374 g/mol. The largest absolute Gasteiger partial charge is 0.441 e. The van der Waals surface area contributed by atoms with Crippen LogP contribution in [0.1, 0.15) is 17.9 Å². The average Bonchev–Trinajstić information content (AvgIpc) is 3.41. The molecule has 140 valence electrons. The summed E-state index contributed by atoms with van der Waals surface area (Å²) in [4.78, 5) is 16.6. The van der Waals surface area contributed by atoms with Gasteiger partial charge in [-0.15, -0.1) is 10.2 Å². The Morgan fingerprint density at radius 3 is 2.75 bits per heavy atom. The number of benzene rings is 2. The molecule has 2 aromatic carbocycles. The lowest BCUT2D eigenvalue weighted by atomic mass is 10.1. The number of oxazole rings is 1. The van der Waals surface area contributed by atoms with E-state index >= 15 is 0 Å². The Kier molecular flexibility index (Phi) is 4.97. The third kappa shape index (κ3) is 3.98. The van der Waals surface area contributed by atoms with Crippen LogP contribution in [0.4, 0.5) is 5.69 Å². The van der Waals surface area contributed by atoms with Crippen LogP contribution >= 0.6 is 0 Å². The molecule has 0 atom stereocenters. The second-order valence-corrected chi connectivity index (χ2v) is 6.31. The molecule has 28 heavy (non-hydrogen) atoms. The minimum absolute atomic E-state index is 0.120. The normalized spacial score (nSPS) is 10.8. The molecule has 1 N–H and O–H groups in total. The van der Waals surface area contributed by atoms with E-state index in [4.69, 9.17) is 8.83 Å². The summed E-state index contributed by atoms with van der Waals surface area (Å²) in [6.45, 7) is 1.92. The third-order valence-corrected chi connectivity index (χ3v) is 4.30. The number of hydrogen-bond donors (Lipinski definition) is 1. The van der Waals surface area contributed by atoms with Gasteiger partial charge in [0.05, 0.1) is 6.20 Å². The van der Waals surface area contributed by atoms with Gasteiger partial charge in [0.1, 0.15) is 0 Å². The van der Waals surface area contributed by atoms with Crippen LogP contribution in [0.3, 0.4) is 0 Å². The van der Waals surface area contributed by atoms with Crippen LogP contribution in [0, 0.1) is 6.92 Å². The quantitative estimate of drug-likeness (QED) is 0.542. The van der Waals surface area contributed by atoms with Crippen molar-refractivity contribution in [2.24, 2.45) is 0 Å². The van der Waals surface area contributed by atoms with Crippen LogP contribution in [0.15, 0.2) is 70.0 Å². The van der Waals surface area contributed by atoms with Gasteiger partial charge in [0, 0.05) is 29.7 Å². The van der Waals surface area contributed by atoms with Crippen molar-refractivity contribution in [3.8, 4) is 22.8 Å². The Hall–Kier alpha value is -3.74. The van der Waals surface area contributed by atoms with Crippen LogP contribution in [0.25, 0.3) is 22.8 Å². The SMILES string of the molecule is Cc1ccc(-c2nnco2)cc1NC(=O)CCc1ncc(-c2ccccc2)o1. The lowest BCUT2D eigenvalue weighted by Crippen LogP contribution is -2.13. The van der Waals surface area contributed by atoms with Gasteiger partial charge < -0.3 is 14.2 Å². The first-order valence-electron chi connectivity index (χ1n) is 8.86. The minimum Gasteiger partial charge on any atom is -0.441 e. The number of hydrogen-bond acceptors (Lipinski definition) is 6. The molecule has 0 saturated heterocycles. The van der Waals surface area contributed by atoms with Crippen molar-refractivity contribution in [3.05, 3.63) is 72.6 Å². The molecule has 0 aliphatic carbocycles. The third-order valence-electron chi connectivity index (χ3n) is 4.30. The number of nitrogens with zero attached hydrogens (tertiary/aromatic N) is 3. The molecular formula is C21H18N4O3. The lowest BCUT2D eigenvalue weighted by molar-refractivity contribution is -0.116. The molecule has 4 aromatic rings. The fourth-order valence-electron chi connectivity index (χ4n) is 2.78. The summed E-state index contributed by atoms with van der Waals surface area (Å²) in [5.74, 6) is 1.51. The Labute approximate surface area is 161 Å². The van der Waals surface area contributed by atoms with E-state index in [9.17, 15) is 4.79 Å². The first-order valence-corrected chi connectivity index (χ1v) is 8.86. The molecule has 0 saturated carbocycles. The number of aromatic nitrogens is 3. The molecule has 0 aliphatic rings. The van der Waals surface area contributed by atoms with Gasteiger partial charge in [-0.1, -0.05) is 36.4 Å². The van der Waals surface area contributed by atoms with Crippen LogP contribution in [-0.2, 0) is 11.2 Å². The first kappa shape index (κ1) is 17.7. The highest BCUT2D eigenvalue weighted by Gasteiger charge is 2.12. The molecule has 0 bridgehead atoms. The maximum absolute atomic E-state index is 12.4. The first-order chi connectivity index (χ1) is 13.7. The highest BCUT2D eigenvalue weighted by Crippen LogP contribution is 2.24. The van der Waals surface area contributed by atoms with Crippen LogP contribution in [-0.4, -0.2) is 21.1 Å². The Balaban J connectivity index is 1.39. The zero-order valence-electron chi connectivity index (χ0n) is 15.3. The van der Waals surface area contributed by atoms with Gasteiger partial charge in [-0.2, -0.15) is 0 Å². The van der Waals surface area contributed by atoms with E-state index in [1.54, 1.807) is 6.20 Å². The smallest absolute Gasteiger partial charge is 0.247 e. The maximum Gasteiger partial charge on any atom is 0.247 e. The van der Waals surface area contributed by atoms with Gasteiger partial charge >= 0.3 is 0 Å². The van der Waals surface area contributed by atoms with Gasteiger partial charge in [0.25, 0.3) is 0 Å². The van der Waals surface area contributed by atoms with E-state index in [1.807, 2.05) is 55.5 Å². The molecule has 0 spiro atoms. The van der Waals surface area contributed by atoms with Crippen LogP contribution < -0.4 is 5.32 Å². The van der Waals surface area contributed by atoms with E-state index in [1.165, 1.54) is 6.39 Å². The number of amides is 1. The predicted octanol–water partition coefficient (Wildman–Crippen LogP) is 4.27. The molecule has 0 unspecified atom stereocenters. The summed E-state index contributed by atoms with van der Waals surface area (Å²) < 4.78 is 11.0. The molecule has 2 aromatic heterocycles. The number of aryl methyl sites for hydroxylation is 2. The number of rotatable bonds is 6. The topological polar surface area (TPSA) is 94.1 Å². The highest BCUT2D eigenvalue weighted by molar-refractivity contribution is 5.92. The van der Waals surface area contributed by atoms with E-state index in [-0.39, 0.29) is 12.3 Å². The van der Waals surface area contributed by atoms with Crippen molar-refractivity contribution >= 4 is 11.6 Å². The fourth-order valence-corrected chi connectivity index (χ4v) is 2.78. The Bertz CT molecular complexity index is 1070. The van der Waals surface area contributed by atoms with E-state index in [0.717, 1.165) is 16.7 Å². The van der Waals surface area contributed by atoms with Crippen LogP contribution in [0.2, 0.25) is 0 Å². The molecule has 2 heterocycles. The summed E-state index contributed by atoms with van der Waals surface area (Å²) in [5.41, 5.74) is 3.36. The summed E-state index contributed by atoms with van der Waals surface area (Å²) in [7, 11) is 0.